The highest BCUT2D eigenvalue weighted by molar-refractivity contribution is 7.13. The van der Waals surface area contributed by atoms with Gasteiger partial charge in [-0.1, -0.05) is 24.3 Å². The average molecular weight is 428 g/mol. The summed E-state index contributed by atoms with van der Waals surface area (Å²) in [6, 6.07) is 12.5. The van der Waals surface area contributed by atoms with Gasteiger partial charge in [0.2, 0.25) is 0 Å². The maximum atomic E-state index is 13.1. The molecule has 1 N–H and O–H groups in total. The van der Waals surface area contributed by atoms with Crippen molar-refractivity contribution in [2.45, 2.75) is 25.5 Å². The quantitative estimate of drug-likeness (QED) is 0.585. The Morgan fingerprint density at radius 3 is 2.93 bits per heavy atom. The topological polar surface area (TPSA) is 55.7 Å². The predicted octanol–water partition coefficient (Wildman–Crippen LogP) is 4.24. The van der Waals surface area contributed by atoms with Crippen LogP contribution in [0, 0.1) is 0 Å². The lowest BCUT2D eigenvalue weighted by Gasteiger charge is -2.24. The summed E-state index contributed by atoms with van der Waals surface area (Å²) in [6.45, 7) is 2.88. The van der Waals surface area contributed by atoms with Crippen molar-refractivity contribution in [2.24, 2.45) is 7.05 Å². The van der Waals surface area contributed by atoms with Crippen molar-refractivity contribution < 1.29 is 14.3 Å². The normalized spacial score (nSPS) is 16.3. The summed E-state index contributed by atoms with van der Waals surface area (Å²) in [7, 11) is 3.76. The number of aryl methyl sites for hydroxylation is 1. The number of thiophene rings is 1. The predicted molar refractivity (Wildman–Crippen MR) is 121 cm³/mol. The highest BCUT2D eigenvalue weighted by atomic mass is 32.1. The number of carbonyl (C=O) groups is 1. The van der Waals surface area contributed by atoms with Gasteiger partial charge in [-0.05, 0) is 30.4 Å². The Morgan fingerprint density at radius 2 is 2.20 bits per heavy atom. The molecule has 1 saturated heterocycles. The van der Waals surface area contributed by atoms with Crippen molar-refractivity contribution in [3.63, 3.8) is 0 Å². The molecule has 3 heterocycles. The van der Waals surface area contributed by atoms with E-state index in [1.54, 1.807) is 18.4 Å². The first-order chi connectivity index (χ1) is 14.7. The minimum atomic E-state index is -0.0763. The van der Waals surface area contributed by atoms with Gasteiger partial charge in [-0.2, -0.15) is 0 Å². The van der Waals surface area contributed by atoms with E-state index in [0.717, 1.165) is 19.4 Å². The molecular weight excluding hydrogens is 398 g/mol. The molecule has 30 heavy (non-hydrogen) atoms. The maximum Gasteiger partial charge on any atom is 0.317 e. The van der Waals surface area contributed by atoms with Crippen LogP contribution in [0.4, 0.5) is 4.79 Å². The van der Waals surface area contributed by atoms with Crippen LogP contribution in [0.1, 0.15) is 18.4 Å². The molecule has 7 heteroatoms. The molecule has 160 valence electrons. The Bertz CT molecular complexity index is 977. The summed E-state index contributed by atoms with van der Waals surface area (Å²) in [6.07, 6.45) is 2.19. The average Bonchev–Trinajstić information content (AvgIpc) is 3.51. The molecule has 0 radical (unpaired) electrons. The van der Waals surface area contributed by atoms with E-state index in [4.69, 9.17) is 9.47 Å². The SMILES string of the molecule is COCCN(Cc1c(-c2cccs2)n(C)c2ccccc12)C(=O)NC[C@@H]1CCCO1. The maximum absolute atomic E-state index is 13.1. The summed E-state index contributed by atoms with van der Waals surface area (Å²) < 4.78 is 13.2. The summed E-state index contributed by atoms with van der Waals surface area (Å²) in [5.74, 6) is 0. The fourth-order valence-electron chi connectivity index (χ4n) is 4.12. The van der Waals surface area contributed by atoms with Gasteiger partial charge in [-0.25, -0.2) is 4.79 Å². The second kappa shape index (κ2) is 9.64. The number of methoxy groups -OCH3 is 1. The summed E-state index contributed by atoms with van der Waals surface area (Å²) in [5, 5.41) is 6.33. The first-order valence-electron chi connectivity index (χ1n) is 10.4. The Labute approximate surface area is 181 Å². The molecule has 2 amide bonds. The first kappa shape index (κ1) is 20.9. The zero-order valence-corrected chi connectivity index (χ0v) is 18.4. The van der Waals surface area contributed by atoms with Crippen molar-refractivity contribution >= 4 is 28.3 Å². The summed E-state index contributed by atoms with van der Waals surface area (Å²) in [4.78, 5) is 16.1. The number of rotatable bonds is 8. The molecule has 1 atom stereocenters. The highest BCUT2D eigenvalue weighted by Crippen LogP contribution is 2.36. The van der Waals surface area contributed by atoms with Crippen LogP contribution in [0.5, 0.6) is 0 Å². The molecule has 1 aliphatic rings. The lowest BCUT2D eigenvalue weighted by molar-refractivity contribution is 0.106. The lowest BCUT2D eigenvalue weighted by atomic mass is 10.1. The number of hydrogen-bond donors (Lipinski definition) is 1. The lowest BCUT2D eigenvalue weighted by Crippen LogP contribution is -2.43. The smallest absolute Gasteiger partial charge is 0.317 e. The third-order valence-corrected chi connectivity index (χ3v) is 6.55. The number of fused-ring (bicyclic) bond motifs is 1. The fraction of sp³-hybridized carbons (Fsp3) is 0.435. The Kier molecular flexibility index (Phi) is 6.72. The van der Waals surface area contributed by atoms with Gasteiger partial charge in [0, 0.05) is 50.3 Å². The molecule has 0 spiro atoms. The standard InChI is InChI=1S/C23H29N3O3S/c1-25-20-9-4-3-8-18(20)19(22(25)21-10-6-14-30-21)16-26(11-13-28-2)23(27)24-15-17-7-5-12-29-17/h3-4,6,8-10,14,17H,5,7,11-13,15-16H2,1-2H3,(H,24,27)/t17-/m0/s1. The van der Waals surface area contributed by atoms with E-state index in [1.807, 2.05) is 4.90 Å². The third-order valence-electron chi connectivity index (χ3n) is 5.67. The molecule has 1 aromatic carbocycles. The number of aromatic nitrogens is 1. The van der Waals surface area contributed by atoms with Crippen LogP contribution in [0.25, 0.3) is 21.5 Å². The summed E-state index contributed by atoms with van der Waals surface area (Å²) in [5.41, 5.74) is 3.50. The highest BCUT2D eigenvalue weighted by Gasteiger charge is 2.23. The van der Waals surface area contributed by atoms with Gasteiger partial charge in [0.25, 0.3) is 0 Å². The molecule has 0 aliphatic carbocycles. The van der Waals surface area contributed by atoms with Gasteiger partial charge >= 0.3 is 6.03 Å². The van der Waals surface area contributed by atoms with Crippen LogP contribution < -0.4 is 5.32 Å². The minimum absolute atomic E-state index is 0.0763. The Balaban J connectivity index is 1.63. The Morgan fingerprint density at radius 1 is 1.33 bits per heavy atom. The van der Waals surface area contributed by atoms with E-state index in [0.29, 0.717) is 26.2 Å². The number of benzene rings is 1. The second-order valence-corrected chi connectivity index (χ2v) is 8.56. The molecule has 4 rings (SSSR count). The zero-order chi connectivity index (χ0) is 20.9. The van der Waals surface area contributed by atoms with Crippen molar-refractivity contribution in [1.29, 1.82) is 0 Å². The fourth-order valence-corrected chi connectivity index (χ4v) is 4.95. The van der Waals surface area contributed by atoms with E-state index in [-0.39, 0.29) is 12.1 Å². The number of nitrogens with one attached hydrogen (secondary N) is 1. The van der Waals surface area contributed by atoms with E-state index in [9.17, 15) is 4.79 Å². The van der Waals surface area contributed by atoms with Crippen LogP contribution >= 0.6 is 11.3 Å². The van der Waals surface area contributed by atoms with Crippen LogP contribution in [0.3, 0.4) is 0 Å². The van der Waals surface area contributed by atoms with Crippen molar-refractivity contribution in [2.75, 3.05) is 33.4 Å². The van der Waals surface area contributed by atoms with Gasteiger partial charge in [-0.15, -0.1) is 11.3 Å². The number of amides is 2. The molecule has 0 saturated carbocycles. The van der Waals surface area contributed by atoms with E-state index in [1.165, 1.54) is 27.0 Å². The minimum Gasteiger partial charge on any atom is -0.383 e. The molecule has 2 aromatic heterocycles. The number of carbonyl (C=O) groups excluding carboxylic acids is 1. The first-order valence-corrected chi connectivity index (χ1v) is 11.3. The number of ether oxygens (including phenoxy) is 2. The van der Waals surface area contributed by atoms with Crippen molar-refractivity contribution in [3.8, 4) is 10.6 Å². The van der Waals surface area contributed by atoms with Crippen LogP contribution in [-0.2, 0) is 23.1 Å². The third kappa shape index (κ3) is 4.38. The van der Waals surface area contributed by atoms with E-state index in [2.05, 4.69) is 58.7 Å². The van der Waals surface area contributed by atoms with Gasteiger partial charge in [0.1, 0.15) is 0 Å². The van der Waals surface area contributed by atoms with Gasteiger partial charge < -0.3 is 24.3 Å². The van der Waals surface area contributed by atoms with E-state index >= 15 is 0 Å². The van der Waals surface area contributed by atoms with Crippen molar-refractivity contribution in [1.82, 2.24) is 14.8 Å². The number of urea groups is 1. The molecule has 0 bridgehead atoms. The Hall–Kier alpha value is -2.35. The van der Waals surface area contributed by atoms with E-state index < -0.39 is 0 Å². The summed E-state index contributed by atoms with van der Waals surface area (Å²) >= 11 is 1.72. The van der Waals surface area contributed by atoms with Gasteiger partial charge in [-0.3, -0.25) is 0 Å². The van der Waals surface area contributed by atoms with Crippen LogP contribution in [-0.4, -0.2) is 55.0 Å². The monoisotopic (exact) mass is 427 g/mol. The molecule has 0 unspecified atom stereocenters. The number of hydrogen-bond acceptors (Lipinski definition) is 4. The molecular formula is C23H29N3O3S. The molecule has 1 aliphatic heterocycles. The largest absolute Gasteiger partial charge is 0.383 e. The number of para-hydroxylation sites is 1. The molecule has 6 nitrogen and oxygen atoms in total. The van der Waals surface area contributed by atoms with Crippen molar-refractivity contribution in [3.05, 3.63) is 47.3 Å². The second-order valence-electron chi connectivity index (χ2n) is 7.62. The van der Waals surface area contributed by atoms with Crippen LogP contribution in [0.2, 0.25) is 0 Å². The zero-order valence-electron chi connectivity index (χ0n) is 17.6. The number of nitrogens with zero attached hydrogens (tertiary/aromatic N) is 2. The molecule has 3 aromatic rings. The van der Waals surface area contributed by atoms with Crippen LogP contribution in [0.15, 0.2) is 41.8 Å². The van der Waals surface area contributed by atoms with Gasteiger partial charge in [0.05, 0.1) is 29.8 Å². The van der Waals surface area contributed by atoms with Gasteiger partial charge in [0.15, 0.2) is 0 Å². The molecule has 1 fully saturated rings.